The van der Waals surface area contributed by atoms with Crippen molar-refractivity contribution in [3.05, 3.63) is 41.1 Å². The quantitative estimate of drug-likeness (QED) is 0.696. The molecule has 0 saturated carbocycles. The van der Waals surface area contributed by atoms with E-state index >= 15 is 0 Å². The van der Waals surface area contributed by atoms with Crippen LogP contribution in [0.5, 0.6) is 0 Å². The number of carbonyl (C=O) groups excluding carboxylic acids is 1. The smallest absolute Gasteiger partial charge is 0.313 e. The molecule has 1 atom stereocenters. The van der Waals surface area contributed by atoms with Crippen LogP contribution in [0.4, 0.5) is 5.95 Å². The molecule has 1 aromatic carbocycles. The second-order valence-electron chi connectivity index (χ2n) is 7.89. The normalized spacial score (nSPS) is 16.0. The summed E-state index contributed by atoms with van der Waals surface area (Å²) in [6, 6.07) is 8.32. The second-order valence-corrected chi connectivity index (χ2v) is 7.89. The fourth-order valence-corrected chi connectivity index (χ4v) is 3.87. The molecule has 1 saturated heterocycles. The third-order valence-corrected chi connectivity index (χ3v) is 5.65. The molecule has 1 aromatic heterocycles. The SMILES string of the molecule is CCCC(C(=O)OC)c1c(C)nc(N2CCN(C)CC2)nc1-c1ccc(C)cc1. The van der Waals surface area contributed by atoms with Crippen molar-refractivity contribution in [1.29, 1.82) is 0 Å². The van der Waals surface area contributed by atoms with Crippen LogP contribution in [0.15, 0.2) is 24.3 Å². The maximum absolute atomic E-state index is 12.6. The number of hydrogen-bond donors (Lipinski definition) is 0. The molecule has 3 rings (SSSR count). The summed E-state index contributed by atoms with van der Waals surface area (Å²) >= 11 is 0. The van der Waals surface area contributed by atoms with Gasteiger partial charge in [0.2, 0.25) is 5.95 Å². The average Bonchev–Trinajstić information content (AvgIpc) is 2.72. The van der Waals surface area contributed by atoms with Crippen LogP contribution in [-0.2, 0) is 9.53 Å². The van der Waals surface area contributed by atoms with Crippen molar-refractivity contribution in [2.45, 2.75) is 39.5 Å². The van der Waals surface area contributed by atoms with Gasteiger partial charge in [-0.1, -0.05) is 43.2 Å². The standard InChI is InChI=1S/C23H32N4O2/c1-6-7-19(22(28)29-5)20-17(3)24-23(27-14-12-26(4)13-15-27)25-21(20)18-10-8-16(2)9-11-18/h8-11,19H,6-7,12-15H2,1-5H3. The molecule has 0 spiro atoms. The largest absolute Gasteiger partial charge is 0.469 e. The molecule has 0 N–H and O–H groups in total. The highest BCUT2D eigenvalue weighted by atomic mass is 16.5. The van der Waals surface area contributed by atoms with E-state index in [2.05, 4.69) is 55.0 Å². The van der Waals surface area contributed by atoms with E-state index in [1.165, 1.54) is 12.7 Å². The van der Waals surface area contributed by atoms with Crippen LogP contribution in [0.25, 0.3) is 11.3 Å². The Kier molecular flexibility index (Phi) is 6.85. The van der Waals surface area contributed by atoms with E-state index in [4.69, 9.17) is 14.7 Å². The van der Waals surface area contributed by atoms with Crippen LogP contribution < -0.4 is 4.90 Å². The molecule has 156 valence electrons. The topological polar surface area (TPSA) is 58.6 Å². The average molecular weight is 397 g/mol. The Morgan fingerprint density at radius 1 is 1.10 bits per heavy atom. The molecular formula is C23H32N4O2. The third-order valence-electron chi connectivity index (χ3n) is 5.65. The second kappa shape index (κ2) is 9.35. The van der Waals surface area contributed by atoms with Crippen LogP contribution in [-0.4, -0.2) is 61.2 Å². The molecule has 6 heteroatoms. The van der Waals surface area contributed by atoms with Gasteiger partial charge in [-0.3, -0.25) is 4.79 Å². The number of hydrogen-bond acceptors (Lipinski definition) is 6. The maximum Gasteiger partial charge on any atom is 0.313 e. The van der Waals surface area contributed by atoms with Gasteiger partial charge in [0.1, 0.15) is 0 Å². The van der Waals surface area contributed by atoms with Gasteiger partial charge in [-0.2, -0.15) is 0 Å². The number of aromatic nitrogens is 2. The number of piperazine rings is 1. The number of nitrogens with zero attached hydrogens (tertiary/aromatic N) is 4. The zero-order chi connectivity index (χ0) is 21.0. The van der Waals surface area contributed by atoms with Gasteiger partial charge in [0.15, 0.2) is 0 Å². The van der Waals surface area contributed by atoms with Crippen LogP contribution in [0.3, 0.4) is 0 Å². The number of anilines is 1. The van der Waals surface area contributed by atoms with E-state index in [0.717, 1.165) is 61.1 Å². The lowest BCUT2D eigenvalue weighted by molar-refractivity contribution is -0.142. The fraction of sp³-hybridized carbons (Fsp3) is 0.522. The minimum Gasteiger partial charge on any atom is -0.469 e. The number of aryl methyl sites for hydroxylation is 2. The highest BCUT2D eigenvalue weighted by Crippen LogP contribution is 2.35. The number of ether oxygens (including phenoxy) is 1. The number of likely N-dealkylation sites (N-methyl/N-ethyl adjacent to an activating group) is 1. The summed E-state index contributed by atoms with van der Waals surface area (Å²) in [5.74, 6) is 0.164. The Bertz CT molecular complexity index is 843. The van der Waals surface area contributed by atoms with Crippen molar-refractivity contribution in [1.82, 2.24) is 14.9 Å². The van der Waals surface area contributed by atoms with Crippen molar-refractivity contribution in [2.75, 3.05) is 45.2 Å². The van der Waals surface area contributed by atoms with Crippen LogP contribution in [0, 0.1) is 13.8 Å². The predicted molar refractivity (Wildman–Crippen MR) is 116 cm³/mol. The van der Waals surface area contributed by atoms with Crippen molar-refractivity contribution in [2.24, 2.45) is 0 Å². The van der Waals surface area contributed by atoms with Crippen LogP contribution in [0.1, 0.15) is 42.5 Å². The minimum atomic E-state index is -0.358. The monoisotopic (exact) mass is 396 g/mol. The molecule has 0 aliphatic carbocycles. The molecule has 0 amide bonds. The first-order valence-corrected chi connectivity index (χ1v) is 10.4. The summed E-state index contributed by atoms with van der Waals surface area (Å²) in [5, 5.41) is 0. The lowest BCUT2D eigenvalue weighted by Gasteiger charge is -2.33. The Balaban J connectivity index is 2.13. The molecule has 1 aliphatic rings. The number of carbonyl (C=O) groups is 1. The minimum absolute atomic E-state index is 0.223. The first kappa shape index (κ1) is 21.2. The van der Waals surface area contributed by atoms with Crippen molar-refractivity contribution >= 4 is 11.9 Å². The van der Waals surface area contributed by atoms with Crippen LogP contribution >= 0.6 is 0 Å². The molecule has 1 aliphatic heterocycles. The summed E-state index contributed by atoms with van der Waals surface area (Å²) < 4.78 is 5.13. The van der Waals surface area contributed by atoms with E-state index in [1.54, 1.807) is 0 Å². The highest BCUT2D eigenvalue weighted by molar-refractivity contribution is 5.82. The molecule has 1 unspecified atom stereocenters. The zero-order valence-corrected chi connectivity index (χ0v) is 18.2. The Morgan fingerprint density at radius 2 is 1.76 bits per heavy atom. The van der Waals surface area contributed by atoms with Gasteiger partial charge >= 0.3 is 5.97 Å². The summed E-state index contributed by atoms with van der Waals surface area (Å²) in [6.07, 6.45) is 1.59. The summed E-state index contributed by atoms with van der Waals surface area (Å²) in [4.78, 5) is 27.0. The van der Waals surface area contributed by atoms with E-state index in [0.29, 0.717) is 6.42 Å². The molecular weight excluding hydrogens is 364 g/mol. The number of rotatable bonds is 6. The number of benzene rings is 1. The fourth-order valence-electron chi connectivity index (χ4n) is 3.87. The van der Waals surface area contributed by atoms with Crippen molar-refractivity contribution in [3.8, 4) is 11.3 Å². The Hall–Kier alpha value is -2.47. The first-order chi connectivity index (χ1) is 13.9. The summed E-state index contributed by atoms with van der Waals surface area (Å²) in [7, 11) is 3.58. The number of methoxy groups -OCH3 is 1. The van der Waals surface area contributed by atoms with E-state index in [-0.39, 0.29) is 11.9 Å². The van der Waals surface area contributed by atoms with Gasteiger partial charge in [0.25, 0.3) is 0 Å². The van der Waals surface area contributed by atoms with Gasteiger partial charge in [-0.25, -0.2) is 9.97 Å². The van der Waals surface area contributed by atoms with E-state index in [9.17, 15) is 4.79 Å². The van der Waals surface area contributed by atoms with Gasteiger partial charge in [-0.05, 0) is 27.3 Å². The first-order valence-electron chi connectivity index (χ1n) is 10.4. The van der Waals surface area contributed by atoms with Crippen molar-refractivity contribution < 1.29 is 9.53 Å². The summed E-state index contributed by atoms with van der Waals surface area (Å²) in [5.41, 5.74) is 4.79. The molecule has 29 heavy (non-hydrogen) atoms. The molecule has 2 heterocycles. The lowest BCUT2D eigenvalue weighted by atomic mass is 9.89. The van der Waals surface area contributed by atoms with Gasteiger partial charge in [0.05, 0.1) is 18.7 Å². The summed E-state index contributed by atoms with van der Waals surface area (Å²) in [6.45, 7) is 9.92. The predicted octanol–water partition coefficient (Wildman–Crippen LogP) is 3.57. The van der Waals surface area contributed by atoms with E-state index < -0.39 is 0 Å². The molecule has 2 aromatic rings. The zero-order valence-electron chi connectivity index (χ0n) is 18.2. The Labute approximate surface area is 173 Å². The molecule has 0 bridgehead atoms. The Morgan fingerprint density at radius 3 is 2.34 bits per heavy atom. The third kappa shape index (κ3) is 4.75. The molecule has 6 nitrogen and oxygen atoms in total. The molecule has 0 radical (unpaired) electrons. The highest BCUT2D eigenvalue weighted by Gasteiger charge is 2.29. The molecule has 1 fully saturated rings. The van der Waals surface area contributed by atoms with Gasteiger partial charge in [0, 0.05) is 43.0 Å². The maximum atomic E-state index is 12.6. The van der Waals surface area contributed by atoms with Crippen molar-refractivity contribution in [3.63, 3.8) is 0 Å². The van der Waals surface area contributed by atoms with Gasteiger partial charge < -0.3 is 14.5 Å². The van der Waals surface area contributed by atoms with Gasteiger partial charge in [-0.15, -0.1) is 0 Å². The van der Waals surface area contributed by atoms with Crippen LogP contribution in [0.2, 0.25) is 0 Å². The lowest BCUT2D eigenvalue weighted by Crippen LogP contribution is -2.45. The number of esters is 1. The van der Waals surface area contributed by atoms with E-state index in [1.807, 2.05) is 6.92 Å².